The molecule has 9 nitrogen and oxygen atoms in total. The summed E-state index contributed by atoms with van der Waals surface area (Å²) in [6, 6.07) is 2.38. The van der Waals surface area contributed by atoms with Crippen molar-refractivity contribution in [2.24, 2.45) is 0 Å². The minimum absolute atomic E-state index is 0.151. The maximum atomic E-state index is 8.95. The largest absolute Gasteiger partial charge is 0.418 e. The van der Waals surface area contributed by atoms with E-state index in [1.807, 2.05) is 0 Å². The number of fused-ring (bicyclic) bond motifs is 1. The first kappa shape index (κ1) is 15.0. The molecule has 0 saturated carbocycles. The quantitative estimate of drug-likeness (QED) is 0.811. The highest BCUT2D eigenvalue weighted by Gasteiger charge is 2.27. The Hall–Kier alpha value is -2.57. The first-order valence-corrected chi connectivity index (χ1v) is 8.01. The molecule has 2 aliphatic rings. The number of aryl methyl sites for hydroxylation is 1. The molecule has 0 bridgehead atoms. The summed E-state index contributed by atoms with van der Waals surface area (Å²) in [5.74, 6) is 2.20. The van der Waals surface area contributed by atoms with Crippen molar-refractivity contribution in [3.05, 3.63) is 17.1 Å². The molecule has 2 aliphatic heterocycles. The number of nitrogens with one attached hydrogen (secondary N) is 2. The molecule has 4 rings (SSSR count). The molecule has 9 heteroatoms. The zero-order valence-electron chi connectivity index (χ0n) is 13.4. The van der Waals surface area contributed by atoms with Crippen LogP contribution in [0.2, 0.25) is 0 Å². The zero-order valence-corrected chi connectivity index (χ0v) is 13.4. The van der Waals surface area contributed by atoms with Crippen molar-refractivity contribution in [1.29, 1.82) is 5.26 Å². The van der Waals surface area contributed by atoms with Crippen LogP contribution >= 0.6 is 0 Å². The third-order valence-electron chi connectivity index (χ3n) is 4.28. The number of anilines is 1. The molecule has 24 heavy (non-hydrogen) atoms. The highest BCUT2D eigenvalue weighted by Crippen LogP contribution is 2.28. The van der Waals surface area contributed by atoms with Crippen LogP contribution in [0.4, 0.5) is 5.82 Å². The Balaban J connectivity index is 1.72. The van der Waals surface area contributed by atoms with Gasteiger partial charge < -0.3 is 20.0 Å². The van der Waals surface area contributed by atoms with Crippen LogP contribution in [0.5, 0.6) is 0 Å². The fourth-order valence-electron chi connectivity index (χ4n) is 3.16. The van der Waals surface area contributed by atoms with Crippen molar-refractivity contribution in [1.82, 2.24) is 30.8 Å². The van der Waals surface area contributed by atoms with Crippen LogP contribution in [0.1, 0.15) is 23.6 Å². The number of piperazine rings is 1. The van der Waals surface area contributed by atoms with E-state index in [9.17, 15) is 0 Å². The van der Waals surface area contributed by atoms with Crippen LogP contribution in [-0.4, -0.2) is 45.8 Å². The molecule has 124 valence electrons. The topological polar surface area (TPSA) is 116 Å². The Morgan fingerprint density at radius 3 is 3.04 bits per heavy atom. The van der Waals surface area contributed by atoms with Crippen LogP contribution in [0, 0.1) is 18.3 Å². The third-order valence-corrected chi connectivity index (χ3v) is 4.28. The van der Waals surface area contributed by atoms with Crippen LogP contribution in [0.25, 0.3) is 11.7 Å². The van der Waals surface area contributed by atoms with Crippen LogP contribution in [0.3, 0.4) is 0 Å². The standard InChI is InChI=1S/C15H18N8O/c1-9-21-22-15(24-9)13-19-12-7-17-6-11(12)14(20-13)23-5-4-18-10(8-23)2-3-16/h10,17-18H,2,4-8H2,1H3/t10-/m0/s1. The summed E-state index contributed by atoms with van der Waals surface area (Å²) in [6.45, 7) is 5.62. The first-order chi connectivity index (χ1) is 11.7. The summed E-state index contributed by atoms with van der Waals surface area (Å²) in [7, 11) is 0. The van der Waals surface area contributed by atoms with Crippen LogP contribution in [0.15, 0.2) is 4.42 Å². The molecule has 1 atom stereocenters. The van der Waals surface area contributed by atoms with E-state index in [0.717, 1.165) is 43.3 Å². The fraction of sp³-hybridized carbons (Fsp3) is 0.533. The van der Waals surface area contributed by atoms with E-state index in [1.165, 1.54) is 0 Å². The highest BCUT2D eigenvalue weighted by atomic mass is 16.4. The van der Waals surface area contributed by atoms with E-state index in [4.69, 9.17) is 14.7 Å². The second kappa shape index (κ2) is 6.14. The minimum Gasteiger partial charge on any atom is -0.418 e. The molecular formula is C15H18N8O. The molecule has 4 heterocycles. The van der Waals surface area contributed by atoms with Gasteiger partial charge in [0.05, 0.1) is 18.2 Å². The second-order valence-electron chi connectivity index (χ2n) is 5.99. The summed E-state index contributed by atoms with van der Waals surface area (Å²) in [6.07, 6.45) is 0.484. The Bertz CT molecular complexity index is 795. The number of hydrogen-bond acceptors (Lipinski definition) is 9. The van der Waals surface area contributed by atoms with Crippen LogP contribution < -0.4 is 15.5 Å². The van der Waals surface area contributed by atoms with Gasteiger partial charge in [-0.2, -0.15) is 5.26 Å². The monoisotopic (exact) mass is 326 g/mol. The molecule has 0 aromatic carbocycles. The van der Waals surface area contributed by atoms with E-state index >= 15 is 0 Å². The molecule has 1 fully saturated rings. The van der Waals surface area contributed by atoms with Gasteiger partial charge in [-0.3, -0.25) is 0 Å². The van der Waals surface area contributed by atoms with Gasteiger partial charge in [0.15, 0.2) is 0 Å². The molecular weight excluding hydrogens is 308 g/mol. The molecule has 0 radical (unpaired) electrons. The normalized spacial score (nSPS) is 20.0. The van der Waals surface area contributed by atoms with Gasteiger partial charge in [-0.15, -0.1) is 10.2 Å². The van der Waals surface area contributed by atoms with Gasteiger partial charge in [0, 0.05) is 51.3 Å². The van der Waals surface area contributed by atoms with Crippen molar-refractivity contribution >= 4 is 5.82 Å². The van der Waals surface area contributed by atoms with Crippen molar-refractivity contribution in [2.75, 3.05) is 24.5 Å². The molecule has 0 spiro atoms. The summed E-state index contributed by atoms with van der Waals surface area (Å²) < 4.78 is 5.49. The van der Waals surface area contributed by atoms with Gasteiger partial charge >= 0.3 is 0 Å². The number of hydrogen-bond donors (Lipinski definition) is 2. The maximum Gasteiger partial charge on any atom is 0.285 e. The SMILES string of the molecule is Cc1nnc(-c2nc3c(c(N4CCN[C@@H](CC#N)C4)n2)CNC3)o1. The zero-order chi connectivity index (χ0) is 16.5. The first-order valence-electron chi connectivity index (χ1n) is 8.01. The predicted octanol–water partition coefficient (Wildman–Crippen LogP) is 0.130. The number of rotatable bonds is 3. The smallest absolute Gasteiger partial charge is 0.285 e. The van der Waals surface area contributed by atoms with E-state index in [-0.39, 0.29) is 6.04 Å². The van der Waals surface area contributed by atoms with Gasteiger partial charge in [0.1, 0.15) is 5.82 Å². The number of nitriles is 1. The maximum absolute atomic E-state index is 8.95. The second-order valence-corrected chi connectivity index (χ2v) is 5.99. The van der Waals surface area contributed by atoms with Crippen molar-refractivity contribution in [3.63, 3.8) is 0 Å². The van der Waals surface area contributed by atoms with Crippen molar-refractivity contribution in [3.8, 4) is 17.8 Å². The average Bonchev–Trinajstić information content (AvgIpc) is 3.23. The average molecular weight is 326 g/mol. The molecule has 1 saturated heterocycles. The highest BCUT2D eigenvalue weighted by molar-refractivity contribution is 5.56. The lowest BCUT2D eigenvalue weighted by atomic mass is 10.1. The van der Waals surface area contributed by atoms with Gasteiger partial charge in [-0.05, 0) is 0 Å². The summed E-state index contributed by atoms with van der Waals surface area (Å²) >= 11 is 0. The summed E-state index contributed by atoms with van der Waals surface area (Å²) in [5.41, 5.74) is 2.09. The van der Waals surface area contributed by atoms with E-state index in [1.54, 1.807) is 6.92 Å². The number of aromatic nitrogens is 4. The molecule has 0 aliphatic carbocycles. The third kappa shape index (κ3) is 2.70. The molecule has 2 aromatic heterocycles. The van der Waals surface area contributed by atoms with E-state index in [2.05, 4.69) is 36.8 Å². The Morgan fingerprint density at radius 2 is 2.25 bits per heavy atom. The van der Waals surface area contributed by atoms with Crippen LogP contribution in [-0.2, 0) is 13.1 Å². The van der Waals surface area contributed by atoms with Gasteiger partial charge in [0.2, 0.25) is 11.7 Å². The van der Waals surface area contributed by atoms with Gasteiger partial charge in [0.25, 0.3) is 5.89 Å². The summed E-state index contributed by atoms with van der Waals surface area (Å²) in [5, 5.41) is 23.5. The lowest BCUT2D eigenvalue weighted by Crippen LogP contribution is -2.51. The van der Waals surface area contributed by atoms with Crippen molar-refractivity contribution < 1.29 is 4.42 Å². The number of nitrogens with zero attached hydrogens (tertiary/aromatic N) is 6. The molecule has 0 unspecified atom stereocenters. The molecule has 2 N–H and O–H groups in total. The Labute approximate surface area is 139 Å². The fourth-order valence-corrected chi connectivity index (χ4v) is 3.16. The van der Waals surface area contributed by atoms with Gasteiger partial charge in [-0.1, -0.05) is 0 Å². The lowest BCUT2D eigenvalue weighted by molar-refractivity contribution is 0.459. The molecule has 0 amide bonds. The van der Waals surface area contributed by atoms with Crippen molar-refractivity contribution in [2.45, 2.75) is 32.5 Å². The van der Waals surface area contributed by atoms with Gasteiger partial charge in [-0.25, -0.2) is 9.97 Å². The van der Waals surface area contributed by atoms with E-state index in [0.29, 0.717) is 30.6 Å². The Morgan fingerprint density at radius 1 is 1.33 bits per heavy atom. The minimum atomic E-state index is 0.151. The predicted molar refractivity (Wildman–Crippen MR) is 84.8 cm³/mol. The van der Waals surface area contributed by atoms with E-state index < -0.39 is 0 Å². The summed E-state index contributed by atoms with van der Waals surface area (Å²) in [4.78, 5) is 11.5. The Kier molecular flexibility index (Phi) is 3.84. The molecule has 2 aromatic rings. The lowest BCUT2D eigenvalue weighted by Gasteiger charge is -2.34.